The quantitative estimate of drug-likeness (QED) is 0.668. The van der Waals surface area contributed by atoms with Gasteiger partial charge in [0.1, 0.15) is 0 Å². The van der Waals surface area contributed by atoms with Crippen LogP contribution in [0.4, 0.5) is 0 Å². The van der Waals surface area contributed by atoms with Crippen LogP contribution in [0.25, 0.3) is 0 Å². The second-order valence-corrected chi connectivity index (χ2v) is 7.47. The third-order valence-electron chi connectivity index (χ3n) is 3.08. The van der Waals surface area contributed by atoms with Gasteiger partial charge in [-0.1, -0.05) is 30.3 Å². The van der Waals surface area contributed by atoms with Crippen molar-refractivity contribution < 1.29 is 18.1 Å². The molecule has 112 valence electrons. The molecular formula is C14H23NO4Si. The molecule has 0 fully saturated rings. The molecule has 0 aliphatic carbocycles. The van der Waals surface area contributed by atoms with E-state index in [2.05, 4.69) is 12.1 Å². The smallest absolute Gasteiger partial charge is 0.377 e. The lowest BCUT2D eigenvalue weighted by atomic mass is 10.2. The van der Waals surface area contributed by atoms with Crippen LogP contribution in [0.3, 0.4) is 0 Å². The number of amides is 1. The van der Waals surface area contributed by atoms with Crippen LogP contribution >= 0.6 is 0 Å². The van der Waals surface area contributed by atoms with E-state index in [1.807, 2.05) is 18.2 Å². The van der Waals surface area contributed by atoms with Gasteiger partial charge in [0.25, 0.3) is 0 Å². The van der Waals surface area contributed by atoms with Crippen molar-refractivity contribution in [2.45, 2.75) is 25.3 Å². The van der Waals surface area contributed by atoms with Crippen LogP contribution in [0.5, 0.6) is 0 Å². The Kier molecular flexibility index (Phi) is 7.46. The summed E-state index contributed by atoms with van der Waals surface area (Å²) in [4.78, 5) is 10.8. The highest BCUT2D eigenvalue weighted by atomic mass is 28.4. The zero-order chi connectivity index (χ0) is 14.8. The van der Waals surface area contributed by atoms with Crippen LogP contribution in [0.1, 0.15) is 18.4 Å². The normalized spacial score (nSPS) is 11.5. The third-order valence-corrected chi connectivity index (χ3v) is 5.94. The summed E-state index contributed by atoms with van der Waals surface area (Å²) in [6, 6.07) is 10.7. The first-order chi connectivity index (χ1) is 9.62. The zero-order valence-electron chi connectivity index (χ0n) is 12.1. The molecule has 1 aromatic carbocycles. The molecule has 20 heavy (non-hydrogen) atoms. The molecule has 0 unspecified atom stereocenters. The number of carbonyl (C=O) groups excluding carboxylic acids is 1. The highest BCUT2D eigenvalue weighted by Gasteiger charge is 2.38. The van der Waals surface area contributed by atoms with Crippen molar-refractivity contribution in [3.63, 3.8) is 0 Å². The van der Waals surface area contributed by atoms with Gasteiger partial charge >= 0.3 is 8.80 Å². The highest BCUT2D eigenvalue weighted by Crippen LogP contribution is 2.17. The van der Waals surface area contributed by atoms with Crippen LogP contribution < -0.4 is 5.73 Å². The molecule has 0 bridgehead atoms. The van der Waals surface area contributed by atoms with Crippen molar-refractivity contribution in [3.8, 4) is 0 Å². The lowest BCUT2D eigenvalue weighted by Crippen LogP contribution is -2.44. The topological polar surface area (TPSA) is 70.8 Å². The van der Waals surface area contributed by atoms with Crippen LogP contribution in [0, 0.1) is 0 Å². The minimum absolute atomic E-state index is 0.315. The standard InChI is InChI=1S/C14H23NO4Si/c1-17-20(18-2,12-6-9-14(15)16)19-11-10-13-7-4-3-5-8-13/h3-5,7-8H,6,9-12H2,1-2H3,(H2,15,16). The zero-order valence-corrected chi connectivity index (χ0v) is 13.1. The summed E-state index contributed by atoms with van der Waals surface area (Å²) in [5, 5.41) is 0. The van der Waals surface area contributed by atoms with E-state index in [-0.39, 0.29) is 5.91 Å². The largest absolute Gasteiger partial charge is 0.500 e. The van der Waals surface area contributed by atoms with Crippen LogP contribution in [0.15, 0.2) is 30.3 Å². The van der Waals surface area contributed by atoms with Gasteiger partial charge in [0, 0.05) is 33.3 Å². The Bertz CT molecular complexity index is 395. The van der Waals surface area contributed by atoms with Crippen LogP contribution in [0.2, 0.25) is 6.04 Å². The maximum absolute atomic E-state index is 10.8. The Hall–Kier alpha value is -1.21. The van der Waals surface area contributed by atoms with Crippen LogP contribution in [-0.4, -0.2) is 35.5 Å². The first-order valence-electron chi connectivity index (χ1n) is 6.68. The summed E-state index contributed by atoms with van der Waals surface area (Å²) in [7, 11) is 0.500. The molecule has 0 heterocycles. The average Bonchev–Trinajstić information content (AvgIpc) is 2.46. The number of hydrogen-bond donors (Lipinski definition) is 1. The molecule has 1 aromatic rings. The molecule has 0 spiro atoms. The molecule has 0 aliphatic rings. The molecule has 0 saturated heterocycles. The molecular weight excluding hydrogens is 274 g/mol. The van der Waals surface area contributed by atoms with Crippen molar-refractivity contribution in [1.29, 1.82) is 0 Å². The van der Waals surface area contributed by atoms with Gasteiger partial charge in [0.15, 0.2) is 0 Å². The van der Waals surface area contributed by atoms with Gasteiger partial charge in [-0.2, -0.15) is 0 Å². The second-order valence-electron chi connectivity index (χ2n) is 4.50. The summed E-state index contributed by atoms with van der Waals surface area (Å²) in [5.41, 5.74) is 6.34. The van der Waals surface area contributed by atoms with E-state index in [9.17, 15) is 4.79 Å². The van der Waals surface area contributed by atoms with Crippen molar-refractivity contribution in [1.82, 2.24) is 0 Å². The maximum Gasteiger partial charge on any atom is 0.500 e. The lowest BCUT2D eigenvalue weighted by Gasteiger charge is -2.26. The van der Waals surface area contributed by atoms with Gasteiger partial charge in [-0.15, -0.1) is 0 Å². The van der Waals surface area contributed by atoms with Gasteiger partial charge in [0.2, 0.25) is 5.91 Å². The first kappa shape index (κ1) is 16.8. The minimum Gasteiger partial charge on any atom is -0.377 e. The maximum atomic E-state index is 10.8. The number of hydrogen-bond acceptors (Lipinski definition) is 4. The Labute approximate surface area is 121 Å². The molecule has 6 heteroatoms. The van der Waals surface area contributed by atoms with Crippen LogP contribution in [-0.2, 0) is 24.5 Å². The molecule has 0 aromatic heterocycles. The Morgan fingerprint density at radius 1 is 1.20 bits per heavy atom. The summed E-state index contributed by atoms with van der Waals surface area (Å²) in [6.07, 6.45) is 1.75. The van der Waals surface area contributed by atoms with Gasteiger partial charge < -0.3 is 19.0 Å². The number of carbonyl (C=O) groups is 1. The van der Waals surface area contributed by atoms with Crippen molar-refractivity contribution >= 4 is 14.7 Å². The summed E-state index contributed by atoms with van der Waals surface area (Å²) < 4.78 is 16.8. The molecule has 0 aliphatic heterocycles. The Morgan fingerprint density at radius 3 is 2.40 bits per heavy atom. The van der Waals surface area contributed by atoms with Crippen molar-refractivity contribution in [3.05, 3.63) is 35.9 Å². The molecule has 2 N–H and O–H groups in total. The number of primary amides is 1. The van der Waals surface area contributed by atoms with Crippen molar-refractivity contribution in [2.24, 2.45) is 5.73 Å². The molecule has 1 rings (SSSR count). The lowest BCUT2D eigenvalue weighted by molar-refractivity contribution is -0.118. The molecule has 1 amide bonds. The van der Waals surface area contributed by atoms with Gasteiger partial charge in [0.05, 0.1) is 0 Å². The second kappa shape index (κ2) is 8.86. The van der Waals surface area contributed by atoms with E-state index in [0.717, 1.165) is 6.42 Å². The summed E-state index contributed by atoms with van der Waals surface area (Å²) in [6.45, 7) is 0.536. The monoisotopic (exact) mass is 297 g/mol. The predicted molar refractivity (Wildman–Crippen MR) is 79.1 cm³/mol. The van der Waals surface area contributed by atoms with Gasteiger partial charge in [-0.25, -0.2) is 0 Å². The van der Waals surface area contributed by atoms with E-state index < -0.39 is 8.80 Å². The third kappa shape index (κ3) is 5.83. The molecule has 5 nitrogen and oxygen atoms in total. The fraction of sp³-hybridized carbons (Fsp3) is 0.500. The fourth-order valence-corrected chi connectivity index (χ4v) is 3.90. The van der Waals surface area contributed by atoms with Crippen molar-refractivity contribution in [2.75, 3.05) is 20.8 Å². The highest BCUT2D eigenvalue weighted by molar-refractivity contribution is 6.60. The van der Waals surface area contributed by atoms with E-state index in [1.165, 1.54) is 5.56 Å². The average molecular weight is 297 g/mol. The molecule has 0 radical (unpaired) electrons. The molecule has 0 atom stereocenters. The number of rotatable bonds is 10. The minimum atomic E-state index is -2.67. The SMILES string of the molecule is CO[Si](CCCC(N)=O)(OC)OCCc1ccccc1. The van der Waals surface area contributed by atoms with E-state index in [1.54, 1.807) is 14.2 Å². The van der Waals surface area contributed by atoms with Gasteiger partial charge in [-0.05, 0) is 18.4 Å². The molecule has 0 saturated carbocycles. The van der Waals surface area contributed by atoms with E-state index in [0.29, 0.717) is 25.5 Å². The number of benzene rings is 1. The van der Waals surface area contributed by atoms with E-state index in [4.69, 9.17) is 19.0 Å². The fourth-order valence-electron chi connectivity index (χ4n) is 1.93. The summed E-state index contributed by atoms with van der Waals surface area (Å²) in [5.74, 6) is -0.315. The Balaban J connectivity index is 2.42. The first-order valence-corrected chi connectivity index (χ1v) is 8.61. The predicted octanol–water partition coefficient (Wildman–Crippen LogP) is 1.74. The summed E-state index contributed by atoms with van der Waals surface area (Å²) >= 11 is 0. The number of nitrogens with two attached hydrogens (primary N) is 1. The Morgan fingerprint density at radius 2 is 1.85 bits per heavy atom. The van der Waals surface area contributed by atoms with E-state index >= 15 is 0 Å². The van der Waals surface area contributed by atoms with Gasteiger partial charge in [-0.3, -0.25) is 4.79 Å².